The number of amides is 3. The van der Waals surface area contributed by atoms with Crippen LogP contribution in [0.2, 0.25) is 0 Å². The first-order valence-corrected chi connectivity index (χ1v) is 9.95. The molecule has 3 heterocycles. The maximum absolute atomic E-state index is 12.8. The highest BCUT2D eigenvalue weighted by Gasteiger charge is 2.30. The molecular formula is C20H25N7O3. The molecule has 1 saturated heterocycles. The molecule has 2 unspecified atom stereocenters. The Kier molecular flexibility index (Phi) is 6.61. The molecule has 0 bridgehead atoms. The second-order valence-electron chi connectivity index (χ2n) is 7.84. The highest BCUT2D eigenvalue weighted by atomic mass is 16.2. The number of hydrogen-bond donors (Lipinski definition) is 4. The predicted molar refractivity (Wildman–Crippen MR) is 108 cm³/mol. The Morgan fingerprint density at radius 3 is 2.80 bits per heavy atom. The number of nitrogens with zero attached hydrogens (tertiary/aromatic N) is 3. The van der Waals surface area contributed by atoms with Crippen molar-refractivity contribution in [2.75, 3.05) is 6.54 Å². The molecule has 1 fully saturated rings. The molecule has 30 heavy (non-hydrogen) atoms. The lowest BCUT2D eigenvalue weighted by Crippen LogP contribution is -2.50. The fourth-order valence-electron chi connectivity index (χ4n) is 3.46. The van der Waals surface area contributed by atoms with Gasteiger partial charge in [0.1, 0.15) is 12.1 Å². The summed E-state index contributed by atoms with van der Waals surface area (Å²) in [4.78, 5) is 48.3. The van der Waals surface area contributed by atoms with E-state index in [4.69, 9.17) is 0 Å². The number of H-pyrrole nitrogens is 1. The number of nitrogens with one attached hydrogen (secondary N) is 4. The van der Waals surface area contributed by atoms with Crippen molar-refractivity contribution in [3.8, 4) is 6.07 Å². The summed E-state index contributed by atoms with van der Waals surface area (Å²) >= 11 is 0. The Bertz CT molecular complexity index is 945. The third-order valence-electron chi connectivity index (χ3n) is 4.98. The molecule has 0 spiro atoms. The van der Waals surface area contributed by atoms with Crippen LogP contribution in [0.3, 0.4) is 0 Å². The highest BCUT2D eigenvalue weighted by molar-refractivity contribution is 5.97. The number of hydrogen-bond acceptors (Lipinski definition) is 6. The zero-order chi connectivity index (χ0) is 21.7. The summed E-state index contributed by atoms with van der Waals surface area (Å²) in [5.74, 6) is -1.16. The van der Waals surface area contributed by atoms with E-state index >= 15 is 0 Å². The molecule has 4 N–H and O–H groups in total. The maximum Gasteiger partial charge on any atom is 0.287 e. The van der Waals surface area contributed by atoms with Crippen molar-refractivity contribution in [2.45, 2.75) is 45.2 Å². The molecule has 2 aromatic rings. The van der Waals surface area contributed by atoms with Gasteiger partial charge >= 0.3 is 0 Å². The molecule has 0 aliphatic carbocycles. The highest BCUT2D eigenvalue weighted by Crippen LogP contribution is 2.16. The summed E-state index contributed by atoms with van der Waals surface area (Å²) in [7, 11) is 0. The summed E-state index contributed by atoms with van der Waals surface area (Å²) < 4.78 is 0. The number of rotatable bonds is 8. The lowest BCUT2D eigenvalue weighted by atomic mass is 9.98. The van der Waals surface area contributed by atoms with Crippen molar-refractivity contribution in [3.05, 3.63) is 24.3 Å². The number of aromatic nitrogens is 3. The fraction of sp³-hybridized carbons (Fsp3) is 0.500. The van der Waals surface area contributed by atoms with Gasteiger partial charge in [-0.05, 0) is 31.2 Å². The van der Waals surface area contributed by atoms with E-state index in [-0.39, 0.29) is 30.0 Å². The number of imidazole rings is 1. The summed E-state index contributed by atoms with van der Waals surface area (Å²) in [6.07, 6.45) is 4.41. The van der Waals surface area contributed by atoms with Crippen LogP contribution in [0.1, 0.15) is 43.7 Å². The molecule has 0 aromatic carbocycles. The van der Waals surface area contributed by atoms with Crippen LogP contribution < -0.4 is 16.0 Å². The quantitative estimate of drug-likeness (QED) is 0.500. The smallest absolute Gasteiger partial charge is 0.287 e. The largest absolute Gasteiger partial charge is 0.356 e. The number of pyridine rings is 1. The van der Waals surface area contributed by atoms with Gasteiger partial charge in [0.2, 0.25) is 11.8 Å². The van der Waals surface area contributed by atoms with Crippen LogP contribution in [0, 0.1) is 23.2 Å². The lowest BCUT2D eigenvalue weighted by molar-refractivity contribution is -0.125. The zero-order valence-electron chi connectivity index (χ0n) is 16.9. The van der Waals surface area contributed by atoms with Crippen molar-refractivity contribution in [1.82, 2.24) is 30.9 Å². The first kappa shape index (κ1) is 21.2. The van der Waals surface area contributed by atoms with Gasteiger partial charge in [-0.1, -0.05) is 13.8 Å². The third-order valence-corrected chi connectivity index (χ3v) is 4.98. The minimum absolute atomic E-state index is 0.0824. The standard InChI is InChI=1S/C20H25N7O3/c1-11(2)7-15(19(29)24-13(9-21)8-12-3-6-23-18(12)28)27-20(30)17-25-14-4-5-22-10-16(14)26-17/h4-5,10-13,15H,3,6-8H2,1-2H3,(H,23,28)(H,24,29)(H,25,26)(H,27,30)/t12?,13?,15-/m0/s1. The molecule has 0 saturated carbocycles. The maximum atomic E-state index is 12.8. The van der Waals surface area contributed by atoms with Crippen LogP contribution >= 0.6 is 0 Å². The lowest BCUT2D eigenvalue weighted by Gasteiger charge is -2.22. The molecule has 0 radical (unpaired) electrons. The van der Waals surface area contributed by atoms with E-state index in [0.29, 0.717) is 30.4 Å². The number of carbonyl (C=O) groups is 3. The van der Waals surface area contributed by atoms with Crippen LogP contribution in [0.5, 0.6) is 0 Å². The molecule has 3 amide bonds. The van der Waals surface area contributed by atoms with Crippen LogP contribution in [0.15, 0.2) is 18.5 Å². The number of nitriles is 1. The van der Waals surface area contributed by atoms with Crippen LogP contribution in [0.4, 0.5) is 0 Å². The van der Waals surface area contributed by atoms with Gasteiger partial charge in [-0.3, -0.25) is 19.4 Å². The van der Waals surface area contributed by atoms with Gasteiger partial charge in [0.25, 0.3) is 5.91 Å². The molecule has 3 rings (SSSR count). The molecule has 10 nitrogen and oxygen atoms in total. The van der Waals surface area contributed by atoms with Crippen LogP contribution in [0.25, 0.3) is 11.0 Å². The summed E-state index contributed by atoms with van der Waals surface area (Å²) in [6, 6.07) is 2.07. The number of carbonyl (C=O) groups excluding carboxylic acids is 3. The second kappa shape index (κ2) is 9.35. The van der Waals surface area contributed by atoms with E-state index in [2.05, 4.69) is 30.9 Å². The Labute approximate surface area is 173 Å². The molecule has 10 heteroatoms. The Morgan fingerprint density at radius 1 is 1.37 bits per heavy atom. The van der Waals surface area contributed by atoms with Crippen molar-refractivity contribution in [1.29, 1.82) is 5.26 Å². The third kappa shape index (κ3) is 5.11. The molecule has 1 aliphatic heterocycles. The van der Waals surface area contributed by atoms with Crippen LogP contribution in [-0.4, -0.2) is 51.3 Å². The van der Waals surface area contributed by atoms with Gasteiger partial charge in [-0.15, -0.1) is 0 Å². The van der Waals surface area contributed by atoms with Gasteiger partial charge in [-0.2, -0.15) is 5.26 Å². The van der Waals surface area contributed by atoms with E-state index in [1.807, 2.05) is 19.9 Å². The van der Waals surface area contributed by atoms with Crippen LogP contribution in [-0.2, 0) is 9.59 Å². The minimum Gasteiger partial charge on any atom is -0.356 e. The molecule has 3 atom stereocenters. The Hall–Kier alpha value is -3.48. The summed E-state index contributed by atoms with van der Waals surface area (Å²) in [5, 5.41) is 17.5. The summed E-state index contributed by atoms with van der Waals surface area (Å²) in [6.45, 7) is 4.45. The average molecular weight is 411 g/mol. The molecule has 158 valence electrons. The monoisotopic (exact) mass is 411 g/mol. The van der Waals surface area contributed by atoms with E-state index in [9.17, 15) is 19.6 Å². The van der Waals surface area contributed by atoms with Crippen molar-refractivity contribution < 1.29 is 14.4 Å². The van der Waals surface area contributed by atoms with E-state index < -0.39 is 23.9 Å². The molecule has 1 aliphatic rings. The van der Waals surface area contributed by atoms with Gasteiger partial charge in [0.15, 0.2) is 5.82 Å². The van der Waals surface area contributed by atoms with Gasteiger partial charge < -0.3 is 20.9 Å². The Balaban J connectivity index is 1.67. The van der Waals surface area contributed by atoms with E-state index in [1.54, 1.807) is 18.5 Å². The normalized spacial score (nSPS) is 17.9. The minimum atomic E-state index is -0.836. The SMILES string of the molecule is CC(C)C[C@H](NC(=O)c1nc2ccncc2[nH]1)C(=O)NC(C#N)CC1CCNC1=O. The molecular weight excluding hydrogens is 386 g/mol. The van der Waals surface area contributed by atoms with Gasteiger partial charge in [-0.25, -0.2) is 4.98 Å². The fourth-order valence-corrected chi connectivity index (χ4v) is 3.46. The van der Waals surface area contributed by atoms with Crippen molar-refractivity contribution in [2.24, 2.45) is 11.8 Å². The van der Waals surface area contributed by atoms with E-state index in [1.165, 1.54) is 0 Å². The molecule has 2 aromatic heterocycles. The zero-order valence-corrected chi connectivity index (χ0v) is 16.9. The Morgan fingerprint density at radius 2 is 2.17 bits per heavy atom. The van der Waals surface area contributed by atoms with Crippen molar-refractivity contribution >= 4 is 28.8 Å². The predicted octanol–water partition coefficient (Wildman–Crippen LogP) is 0.637. The van der Waals surface area contributed by atoms with Gasteiger partial charge in [0.05, 0.1) is 23.3 Å². The first-order valence-electron chi connectivity index (χ1n) is 9.95. The average Bonchev–Trinajstić information content (AvgIpc) is 3.32. The van der Waals surface area contributed by atoms with Gasteiger partial charge in [0, 0.05) is 18.7 Å². The number of fused-ring (bicyclic) bond motifs is 1. The first-order chi connectivity index (χ1) is 14.4. The topological polar surface area (TPSA) is 153 Å². The second-order valence-corrected chi connectivity index (χ2v) is 7.84. The number of aromatic amines is 1. The summed E-state index contributed by atoms with van der Waals surface area (Å²) in [5.41, 5.74) is 1.21. The van der Waals surface area contributed by atoms with Crippen molar-refractivity contribution in [3.63, 3.8) is 0 Å². The van der Waals surface area contributed by atoms with E-state index in [0.717, 1.165) is 0 Å².